The number of rotatable bonds is 2. The van der Waals surface area contributed by atoms with Crippen molar-refractivity contribution in [2.75, 3.05) is 0 Å². The van der Waals surface area contributed by atoms with E-state index in [1.54, 1.807) is 0 Å². The maximum absolute atomic E-state index is 9.04. The van der Waals surface area contributed by atoms with Crippen LogP contribution in [0.4, 0.5) is 0 Å². The smallest absolute Gasteiger partial charge is 0.0685 e. The maximum atomic E-state index is 9.04. The molecule has 0 heterocycles. The van der Waals surface area contributed by atoms with Gasteiger partial charge in [0.2, 0.25) is 0 Å². The molecule has 0 amide bonds. The number of aryl methyl sites for hydroxylation is 2. The van der Waals surface area contributed by atoms with E-state index in [-0.39, 0.29) is 6.61 Å². The molecule has 66 valence electrons. The Morgan fingerprint density at radius 3 is 2.50 bits per heavy atom. The molecule has 0 aliphatic rings. The van der Waals surface area contributed by atoms with E-state index in [1.807, 2.05) is 19.9 Å². The second-order valence-corrected chi connectivity index (χ2v) is 3.08. The van der Waals surface area contributed by atoms with Gasteiger partial charge in [0.05, 0.1) is 6.61 Å². The first kappa shape index (κ1) is 9.23. The van der Waals surface area contributed by atoms with Gasteiger partial charge in [-0.15, -0.1) is 0 Å². The topological polar surface area (TPSA) is 46.2 Å². The molecule has 0 atom stereocenters. The highest BCUT2D eigenvalue weighted by molar-refractivity contribution is 5.37. The molecule has 0 aliphatic carbocycles. The average Bonchev–Trinajstić information content (AvgIpc) is 2.03. The summed E-state index contributed by atoms with van der Waals surface area (Å²) in [7, 11) is 0. The second-order valence-electron chi connectivity index (χ2n) is 3.08. The van der Waals surface area contributed by atoms with Crippen LogP contribution in [-0.2, 0) is 13.2 Å². The van der Waals surface area contributed by atoms with E-state index in [9.17, 15) is 0 Å². The molecule has 0 saturated heterocycles. The first-order valence-electron chi connectivity index (χ1n) is 4.09. The van der Waals surface area contributed by atoms with Gasteiger partial charge in [-0.05, 0) is 30.5 Å². The molecule has 1 aromatic rings. The normalized spacial score (nSPS) is 10.3. The Kier molecular flexibility index (Phi) is 2.84. The van der Waals surface area contributed by atoms with Crippen molar-refractivity contribution in [2.24, 2.45) is 5.73 Å². The van der Waals surface area contributed by atoms with Crippen LogP contribution >= 0.6 is 0 Å². The first-order valence-corrected chi connectivity index (χ1v) is 4.09. The van der Waals surface area contributed by atoms with Crippen LogP contribution < -0.4 is 5.73 Å². The number of aliphatic hydroxyl groups excluding tert-OH is 1. The third-order valence-corrected chi connectivity index (χ3v) is 2.08. The number of hydrogen-bond acceptors (Lipinski definition) is 2. The quantitative estimate of drug-likeness (QED) is 0.693. The van der Waals surface area contributed by atoms with Gasteiger partial charge in [0.15, 0.2) is 0 Å². The van der Waals surface area contributed by atoms with Gasteiger partial charge in [-0.2, -0.15) is 0 Å². The first-order chi connectivity index (χ1) is 5.69. The molecule has 0 aliphatic heterocycles. The largest absolute Gasteiger partial charge is 0.392 e. The fourth-order valence-electron chi connectivity index (χ4n) is 1.52. The van der Waals surface area contributed by atoms with Crippen LogP contribution in [0.15, 0.2) is 12.1 Å². The average molecular weight is 165 g/mol. The summed E-state index contributed by atoms with van der Waals surface area (Å²) in [6.07, 6.45) is 0. The fourth-order valence-corrected chi connectivity index (χ4v) is 1.52. The van der Waals surface area contributed by atoms with E-state index in [0.717, 1.165) is 11.1 Å². The summed E-state index contributed by atoms with van der Waals surface area (Å²) >= 11 is 0. The Morgan fingerprint density at radius 2 is 2.00 bits per heavy atom. The zero-order valence-electron chi connectivity index (χ0n) is 7.59. The summed E-state index contributed by atoms with van der Waals surface area (Å²) in [6.45, 7) is 4.62. The Morgan fingerprint density at radius 1 is 1.33 bits per heavy atom. The standard InChI is InChI=1S/C10H15NO/c1-7-3-8(2)10(5-11)9(4-7)6-12/h3-4,12H,5-6,11H2,1-2H3. The molecule has 0 fully saturated rings. The van der Waals surface area contributed by atoms with Gasteiger partial charge >= 0.3 is 0 Å². The number of aliphatic hydroxyl groups is 1. The van der Waals surface area contributed by atoms with Crippen LogP contribution in [0.3, 0.4) is 0 Å². The highest BCUT2D eigenvalue weighted by Gasteiger charge is 2.03. The summed E-state index contributed by atoms with van der Waals surface area (Å²) in [5.74, 6) is 0. The van der Waals surface area contributed by atoms with E-state index in [0.29, 0.717) is 6.54 Å². The summed E-state index contributed by atoms with van der Waals surface area (Å²) in [5.41, 5.74) is 9.93. The van der Waals surface area contributed by atoms with Crippen molar-refractivity contribution >= 4 is 0 Å². The molecule has 0 saturated carbocycles. The summed E-state index contributed by atoms with van der Waals surface area (Å²) in [5, 5.41) is 9.04. The zero-order valence-corrected chi connectivity index (χ0v) is 7.59. The van der Waals surface area contributed by atoms with Crippen LogP contribution in [0.1, 0.15) is 22.3 Å². The molecule has 0 spiro atoms. The van der Waals surface area contributed by atoms with Crippen molar-refractivity contribution in [3.05, 3.63) is 34.4 Å². The molecule has 0 bridgehead atoms. The van der Waals surface area contributed by atoms with Crippen LogP contribution in [0.5, 0.6) is 0 Å². The van der Waals surface area contributed by atoms with Crippen molar-refractivity contribution in [2.45, 2.75) is 27.0 Å². The molecule has 3 N–H and O–H groups in total. The number of nitrogens with two attached hydrogens (primary N) is 1. The van der Waals surface area contributed by atoms with Crippen molar-refractivity contribution in [1.29, 1.82) is 0 Å². The molecular weight excluding hydrogens is 150 g/mol. The lowest BCUT2D eigenvalue weighted by Crippen LogP contribution is -2.04. The molecule has 0 unspecified atom stereocenters. The highest BCUT2D eigenvalue weighted by Crippen LogP contribution is 2.16. The highest BCUT2D eigenvalue weighted by atomic mass is 16.3. The summed E-state index contributed by atoms with van der Waals surface area (Å²) in [4.78, 5) is 0. The number of benzene rings is 1. The predicted molar refractivity (Wildman–Crippen MR) is 49.7 cm³/mol. The Balaban J connectivity index is 3.24. The van der Waals surface area contributed by atoms with E-state index < -0.39 is 0 Å². The summed E-state index contributed by atoms with van der Waals surface area (Å²) in [6, 6.07) is 4.07. The van der Waals surface area contributed by atoms with Gasteiger partial charge in [-0.25, -0.2) is 0 Å². The van der Waals surface area contributed by atoms with Crippen LogP contribution in [0, 0.1) is 13.8 Å². The lowest BCUT2D eigenvalue weighted by molar-refractivity contribution is 0.280. The van der Waals surface area contributed by atoms with Crippen molar-refractivity contribution in [1.82, 2.24) is 0 Å². The SMILES string of the molecule is Cc1cc(C)c(CN)c(CO)c1. The Hall–Kier alpha value is -0.860. The number of hydrogen-bond donors (Lipinski definition) is 2. The van der Waals surface area contributed by atoms with E-state index >= 15 is 0 Å². The van der Waals surface area contributed by atoms with E-state index in [1.165, 1.54) is 11.1 Å². The van der Waals surface area contributed by atoms with Crippen molar-refractivity contribution in [3.63, 3.8) is 0 Å². The minimum Gasteiger partial charge on any atom is -0.392 e. The van der Waals surface area contributed by atoms with Gasteiger partial charge in [-0.1, -0.05) is 17.7 Å². The van der Waals surface area contributed by atoms with Gasteiger partial charge in [-0.3, -0.25) is 0 Å². The lowest BCUT2D eigenvalue weighted by Gasteiger charge is -2.09. The van der Waals surface area contributed by atoms with Gasteiger partial charge in [0.25, 0.3) is 0 Å². The van der Waals surface area contributed by atoms with E-state index in [2.05, 4.69) is 6.07 Å². The maximum Gasteiger partial charge on any atom is 0.0685 e. The second kappa shape index (κ2) is 3.70. The third-order valence-electron chi connectivity index (χ3n) is 2.08. The molecule has 0 radical (unpaired) electrons. The predicted octanol–water partition coefficient (Wildman–Crippen LogP) is 1.25. The molecule has 2 nitrogen and oxygen atoms in total. The molecule has 0 aromatic heterocycles. The lowest BCUT2D eigenvalue weighted by atomic mass is 9.99. The minimum atomic E-state index is 0.0784. The van der Waals surface area contributed by atoms with Gasteiger partial charge in [0.1, 0.15) is 0 Å². The minimum absolute atomic E-state index is 0.0784. The molecule has 1 aromatic carbocycles. The van der Waals surface area contributed by atoms with Gasteiger partial charge in [0, 0.05) is 6.54 Å². The molecule has 2 heteroatoms. The van der Waals surface area contributed by atoms with Crippen LogP contribution in [0.2, 0.25) is 0 Å². The molecular formula is C10H15NO. The van der Waals surface area contributed by atoms with Gasteiger partial charge < -0.3 is 10.8 Å². The monoisotopic (exact) mass is 165 g/mol. The van der Waals surface area contributed by atoms with E-state index in [4.69, 9.17) is 10.8 Å². The van der Waals surface area contributed by atoms with Crippen LogP contribution in [0.25, 0.3) is 0 Å². The summed E-state index contributed by atoms with van der Waals surface area (Å²) < 4.78 is 0. The zero-order chi connectivity index (χ0) is 9.14. The molecule has 12 heavy (non-hydrogen) atoms. The fraction of sp³-hybridized carbons (Fsp3) is 0.400. The van der Waals surface area contributed by atoms with Crippen molar-refractivity contribution in [3.8, 4) is 0 Å². The Bertz CT molecular complexity index is 281. The Labute approximate surface area is 73.0 Å². The molecule has 1 rings (SSSR count). The van der Waals surface area contributed by atoms with Crippen LogP contribution in [-0.4, -0.2) is 5.11 Å². The third kappa shape index (κ3) is 1.65. The van der Waals surface area contributed by atoms with Crippen molar-refractivity contribution < 1.29 is 5.11 Å².